The number of benzene rings is 7. The van der Waals surface area contributed by atoms with E-state index in [1.54, 1.807) is 0 Å². The lowest BCUT2D eigenvalue weighted by Gasteiger charge is -2.23. The average molecular weight is 697 g/mol. The SMILES string of the molecule is CC1Cc2oc3c(ccc4c3c3ccccc3n4-c3ccccc3-c3ccccc3-n3c4ccccc4c4c5oc6ccccc6c5ccc43)c2C(C)C1. The van der Waals surface area contributed by atoms with Crippen molar-refractivity contribution < 1.29 is 8.83 Å². The maximum Gasteiger partial charge on any atom is 0.145 e. The van der Waals surface area contributed by atoms with Crippen molar-refractivity contribution in [2.75, 3.05) is 0 Å². The van der Waals surface area contributed by atoms with Crippen LogP contribution in [0.15, 0.2) is 154 Å². The molecule has 0 saturated heterocycles. The Morgan fingerprint density at radius 3 is 1.63 bits per heavy atom. The molecule has 0 radical (unpaired) electrons. The van der Waals surface area contributed by atoms with E-state index in [0.717, 1.165) is 78.4 Å². The molecule has 0 spiro atoms. The van der Waals surface area contributed by atoms with E-state index in [-0.39, 0.29) is 0 Å². The number of hydrogen-bond acceptors (Lipinski definition) is 2. The molecule has 54 heavy (non-hydrogen) atoms. The highest BCUT2D eigenvalue weighted by Crippen LogP contribution is 2.47. The Morgan fingerprint density at radius 2 is 0.981 bits per heavy atom. The summed E-state index contributed by atoms with van der Waals surface area (Å²) in [6.45, 7) is 4.71. The number of furan rings is 2. The molecule has 0 fully saturated rings. The number of hydrogen-bond donors (Lipinski definition) is 0. The molecular weight excluding hydrogens is 661 g/mol. The van der Waals surface area contributed by atoms with E-state index >= 15 is 0 Å². The van der Waals surface area contributed by atoms with E-state index in [1.807, 2.05) is 6.07 Å². The molecule has 0 amide bonds. The molecule has 0 N–H and O–H groups in total. The smallest absolute Gasteiger partial charge is 0.145 e. The summed E-state index contributed by atoms with van der Waals surface area (Å²) in [7, 11) is 0. The Morgan fingerprint density at radius 1 is 0.463 bits per heavy atom. The lowest BCUT2D eigenvalue weighted by Crippen LogP contribution is -2.12. The van der Waals surface area contributed by atoms with Crippen molar-refractivity contribution in [1.29, 1.82) is 0 Å². The zero-order valence-corrected chi connectivity index (χ0v) is 30.1. The summed E-state index contributed by atoms with van der Waals surface area (Å²) in [4.78, 5) is 0. The van der Waals surface area contributed by atoms with Crippen LogP contribution in [-0.4, -0.2) is 9.13 Å². The van der Waals surface area contributed by atoms with Gasteiger partial charge in [0.1, 0.15) is 22.5 Å². The fraction of sp³-hybridized carbons (Fsp3) is 0.120. The topological polar surface area (TPSA) is 36.1 Å². The predicted octanol–water partition coefficient (Wildman–Crippen LogP) is 13.9. The van der Waals surface area contributed by atoms with Gasteiger partial charge in [0, 0.05) is 50.0 Å². The van der Waals surface area contributed by atoms with Crippen molar-refractivity contribution in [2.24, 2.45) is 5.92 Å². The molecule has 0 aliphatic heterocycles. The lowest BCUT2D eigenvalue weighted by atomic mass is 9.81. The van der Waals surface area contributed by atoms with Crippen LogP contribution in [0.4, 0.5) is 0 Å². The summed E-state index contributed by atoms with van der Waals surface area (Å²) in [5, 5.41) is 8.27. The van der Waals surface area contributed by atoms with Crippen LogP contribution in [0.5, 0.6) is 0 Å². The van der Waals surface area contributed by atoms with Crippen molar-refractivity contribution in [3.8, 4) is 22.5 Å². The molecular formula is C50H36N2O2. The molecule has 4 nitrogen and oxygen atoms in total. The molecule has 0 bridgehead atoms. The first-order chi connectivity index (χ1) is 26.6. The molecule has 4 aromatic heterocycles. The van der Waals surface area contributed by atoms with Crippen molar-refractivity contribution >= 4 is 76.5 Å². The van der Waals surface area contributed by atoms with Gasteiger partial charge in [-0.1, -0.05) is 105 Å². The van der Waals surface area contributed by atoms with Crippen LogP contribution in [0.3, 0.4) is 0 Å². The van der Waals surface area contributed by atoms with Gasteiger partial charge in [-0.25, -0.2) is 0 Å². The summed E-state index contributed by atoms with van der Waals surface area (Å²) in [5.41, 5.74) is 13.4. The van der Waals surface area contributed by atoms with E-state index in [2.05, 4.69) is 163 Å². The minimum Gasteiger partial charge on any atom is -0.460 e. The Hall–Kier alpha value is -6.52. The second-order valence-electron chi connectivity index (χ2n) is 15.4. The van der Waals surface area contributed by atoms with Gasteiger partial charge in [0.05, 0.1) is 44.2 Å². The van der Waals surface area contributed by atoms with E-state index in [0.29, 0.717) is 11.8 Å². The van der Waals surface area contributed by atoms with Crippen LogP contribution in [0.2, 0.25) is 0 Å². The summed E-state index contributed by atoms with van der Waals surface area (Å²) in [5.74, 6) is 2.27. The van der Waals surface area contributed by atoms with Crippen LogP contribution in [0, 0.1) is 5.92 Å². The molecule has 11 aromatic rings. The fourth-order valence-electron chi connectivity index (χ4n) is 10.0. The zero-order valence-electron chi connectivity index (χ0n) is 30.1. The molecule has 7 aromatic carbocycles. The van der Waals surface area contributed by atoms with Gasteiger partial charge >= 0.3 is 0 Å². The van der Waals surface area contributed by atoms with E-state index in [1.165, 1.54) is 44.8 Å². The summed E-state index contributed by atoms with van der Waals surface area (Å²) in [6.07, 6.45) is 2.20. The Balaban J connectivity index is 1.14. The zero-order chi connectivity index (χ0) is 35.7. The molecule has 0 saturated carbocycles. The predicted molar refractivity (Wildman–Crippen MR) is 224 cm³/mol. The first-order valence-corrected chi connectivity index (χ1v) is 19.1. The minimum absolute atomic E-state index is 0.483. The maximum absolute atomic E-state index is 6.89. The number of fused-ring (bicyclic) bond motifs is 14. The Bertz CT molecular complexity index is 3330. The Kier molecular flexibility index (Phi) is 6.11. The van der Waals surface area contributed by atoms with Crippen molar-refractivity contribution in [3.63, 3.8) is 0 Å². The fourth-order valence-corrected chi connectivity index (χ4v) is 10.0. The average Bonchev–Trinajstić information content (AvgIpc) is 3.95. The van der Waals surface area contributed by atoms with Gasteiger partial charge in [-0.3, -0.25) is 0 Å². The normalized spacial score (nSPS) is 16.2. The van der Waals surface area contributed by atoms with Gasteiger partial charge in [-0.2, -0.15) is 0 Å². The van der Waals surface area contributed by atoms with Crippen molar-refractivity contribution in [1.82, 2.24) is 9.13 Å². The first-order valence-electron chi connectivity index (χ1n) is 19.1. The Labute approximate surface area is 311 Å². The van der Waals surface area contributed by atoms with E-state index < -0.39 is 0 Å². The number of aromatic nitrogens is 2. The minimum atomic E-state index is 0.483. The molecule has 12 rings (SSSR count). The standard InChI is InChI=1S/C50H36N2O2/c1-29-27-30(2)46-37-24-26-43-48(50(37)54-45(46)28-29)36-17-6-11-21-41(36)52(43)39-19-9-4-14-32(39)31-13-3-8-18-38(31)51-40-20-10-5-16-35(40)47-42(51)25-23-34-33-15-7-12-22-44(33)53-49(34)47/h3-26,29-30H,27-28H2,1-2H3. The van der Waals surface area contributed by atoms with E-state index in [4.69, 9.17) is 8.83 Å². The highest BCUT2D eigenvalue weighted by atomic mass is 16.3. The summed E-state index contributed by atoms with van der Waals surface area (Å²) >= 11 is 0. The second kappa shape index (κ2) is 11.0. The molecule has 258 valence electrons. The van der Waals surface area contributed by atoms with Crippen LogP contribution in [0.25, 0.3) is 99.0 Å². The van der Waals surface area contributed by atoms with Crippen molar-refractivity contribution in [3.05, 3.63) is 157 Å². The van der Waals surface area contributed by atoms with Gasteiger partial charge in [-0.05, 0) is 72.9 Å². The first kappa shape index (κ1) is 30.0. The molecule has 1 aliphatic rings. The molecule has 4 heterocycles. The monoisotopic (exact) mass is 696 g/mol. The molecule has 1 aliphatic carbocycles. The highest BCUT2D eigenvalue weighted by molar-refractivity contribution is 6.24. The number of para-hydroxylation sites is 5. The summed E-state index contributed by atoms with van der Waals surface area (Å²) in [6, 6.07) is 52.7. The third kappa shape index (κ3) is 3.97. The molecule has 2 unspecified atom stereocenters. The van der Waals surface area contributed by atoms with Crippen LogP contribution in [0.1, 0.15) is 37.5 Å². The van der Waals surface area contributed by atoms with Crippen LogP contribution < -0.4 is 0 Å². The van der Waals surface area contributed by atoms with E-state index in [9.17, 15) is 0 Å². The number of nitrogens with zero attached hydrogens (tertiary/aromatic N) is 2. The summed E-state index contributed by atoms with van der Waals surface area (Å²) < 4.78 is 18.4. The van der Waals surface area contributed by atoms with Crippen LogP contribution in [-0.2, 0) is 6.42 Å². The number of rotatable bonds is 3. The van der Waals surface area contributed by atoms with Gasteiger partial charge in [0.15, 0.2) is 0 Å². The van der Waals surface area contributed by atoms with Crippen LogP contribution >= 0.6 is 0 Å². The third-order valence-electron chi connectivity index (χ3n) is 12.1. The lowest BCUT2D eigenvalue weighted by molar-refractivity contribution is 0.396. The molecule has 2 atom stereocenters. The largest absolute Gasteiger partial charge is 0.460 e. The van der Waals surface area contributed by atoms with Gasteiger partial charge < -0.3 is 18.0 Å². The van der Waals surface area contributed by atoms with Gasteiger partial charge in [0.2, 0.25) is 0 Å². The quantitative estimate of drug-likeness (QED) is 0.184. The van der Waals surface area contributed by atoms with Crippen molar-refractivity contribution in [2.45, 2.75) is 32.6 Å². The highest BCUT2D eigenvalue weighted by Gasteiger charge is 2.30. The van der Waals surface area contributed by atoms with Gasteiger partial charge in [-0.15, -0.1) is 0 Å². The second-order valence-corrected chi connectivity index (χ2v) is 15.4. The third-order valence-corrected chi connectivity index (χ3v) is 12.1. The maximum atomic E-state index is 6.89. The van der Waals surface area contributed by atoms with Gasteiger partial charge in [0.25, 0.3) is 0 Å². The molecule has 4 heteroatoms.